The van der Waals surface area contributed by atoms with Crippen molar-refractivity contribution < 1.29 is 0 Å². The molecule has 0 aliphatic rings. The smallest absolute Gasteiger partial charge is 0.0540 e. The molecule has 64 heavy (non-hydrogen) atoms. The maximum absolute atomic E-state index is 2.43. The van der Waals surface area contributed by atoms with Crippen molar-refractivity contribution in [2.24, 2.45) is 0 Å². The van der Waals surface area contributed by atoms with Crippen molar-refractivity contribution in [1.29, 1.82) is 0 Å². The Hall–Kier alpha value is -8.20. The third-order valence-electron chi connectivity index (χ3n) is 12.6. The van der Waals surface area contributed by atoms with Gasteiger partial charge in [0.25, 0.3) is 0 Å². The lowest BCUT2D eigenvalue weighted by Crippen LogP contribution is -2.11. The predicted octanol–water partition coefficient (Wildman–Crippen LogP) is 17.3. The van der Waals surface area contributed by atoms with Gasteiger partial charge >= 0.3 is 0 Å². The maximum atomic E-state index is 2.43. The summed E-state index contributed by atoms with van der Waals surface area (Å²) >= 11 is 0. The van der Waals surface area contributed by atoms with Crippen LogP contribution in [0.5, 0.6) is 0 Å². The van der Waals surface area contributed by atoms with Gasteiger partial charge in [-0.3, -0.25) is 0 Å². The SMILES string of the molecule is CCn1c2ccccc2c2c(-c3cccc(-c4ccccc4N(c4ccc(-c5ccc(-c6ccccc6)cc5)cc4)c4ccc(-c5ccc(-c6ccccc6)cc5)cc4)c3)cccc21. The van der Waals surface area contributed by atoms with Gasteiger partial charge in [-0.2, -0.15) is 0 Å². The number of aryl methyl sites for hydroxylation is 1. The first-order chi connectivity index (χ1) is 31.7. The molecule has 10 aromatic carbocycles. The van der Waals surface area contributed by atoms with Crippen LogP contribution in [0, 0.1) is 0 Å². The maximum Gasteiger partial charge on any atom is 0.0540 e. The zero-order valence-corrected chi connectivity index (χ0v) is 35.8. The molecule has 0 aliphatic carbocycles. The van der Waals surface area contributed by atoms with E-state index in [-0.39, 0.29) is 0 Å². The van der Waals surface area contributed by atoms with E-state index in [9.17, 15) is 0 Å². The van der Waals surface area contributed by atoms with Crippen LogP contribution >= 0.6 is 0 Å². The third kappa shape index (κ3) is 7.25. The van der Waals surface area contributed by atoms with E-state index in [0.717, 1.165) is 29.2 Å². The van der Waals surface area contributed by atoms with Crippen molar-refractivity contribution in [3.05, 3.63) is 249 Å². The van der Waals surface area contributed by atoms with Gasteiger partial charge in [-0.25, -0.2) is 0 Å². The lowest BCUT2D eigenvalue weighted by molar-refractivity contribution is 0.827. The summed E-state index contributed by atoms with van der Waals surface area (Å²) in [6, 6.07) is 90.4. The summed E-state index contributed by atoms with van der Waals surface area (Å²) in [5.74, 6) is 0. The van der Waals surface area contributed by atoms with Crippen molar-refractivity contribution in [3.63, 3.8) is 0 Å². The second-order valence-corrected chi connectivity index (χ2v) is 16.4. The first kappa shape index (κ1) is 38.7. The molecule has 0 saturated heterocycles. The van der Waals surface area contributed by atoms with Crippen LogP contribution in [0.3, 0.4) is 0 Å². The van der Waals surface area contributed by atoms with Gasteiger partial charge in [0.15, 0.2) is 0 Å². The van der Waals surface area contributed by atoms with Gasteiger partial charge in [0.2, 0.25) is 0 Å². The van der Waals surface area contributed by atoms with E-state index in [0.29, 0.717) is 0 Å². The Morgan fingerprint density at radius 2 is 0.688 bits per heavy atom. The topological polar surface area (TPSA) is 8.17 Å². The second kappa shape index (κ2) is 16.9. The molecule has 1 heterocycles. The normalized spacial score (nSPS) is 11.3. The Bertz CT molecular complexity index is 3240. The van der Waals surface area contributed by atoms with Crippen LogP contribution in [0.1, 0.15) is 6.92 Å². The molecule has 11 rings (SSSR count). The molecule has 11 aromatic rings. The van der Waals surface area contributed by atoms with Crippen molar-refractivity contribution in [3.8, 4) is 66.8 Å². The van der Waals surface area contributed by atoms with Gasteiger partial charge in [0, 0.05) is 45.3 Å². The van der Waals surface area contributed by atoms with Crippen molar-refractivity contribution >= 4 is 38.9 Å². The summed E-state index contributed by atoms with van der Waals surface area (Å²) in [5, 5.41) is 2.59. The number of nitrogens with zero attached hydrogens (tertiary/aromatic N) is 2. The number of para-hydroxylation sites is 2. The lowest BCUT2D eigenvalue weighted by Gasteiger charge is -2.28. The summed E-state index contributed by atoms with van der Waals surface area (Å²) < 4.78 is 2.43. The highest BCUT2D eigenvalue weighted by Gasteiger charge is 2.19. The first-order valence-electron chi connectivity index (χ1n) is 22.2. The van der Waals surface area contributed by atoms with E-state index in [4.69, 9.17) is 0 Å². The number of aromatic nitrogens is 1. The molecule has 0 amide bonds. The molecule has 0 spiro atoms. The van der Waals surface area contributed by atoms with Crippen LogP contribution < -0.4 is 4.90 Å². The summed E-state index contributed by atoms with van der Waals surface area (Å²) in [6.45, 7) is 3.15. The highest BCUT2D eigenvalue weighted by Crippen LogP contribution is 2.44. The Morgan fingerprint density at radius 1 is 0.312 bits per heavy atom. The minimum absolute atomic E-state index is 0.916. The summed E-state index contributed by atoms with van der Waals surface area (Å²) in [7, 11) is 0. The van der Waals surface area contributed by atoms with Crippen LogP contribution in [0.25, 0.3) is 88.6 Å². The van der Waals surface area contributed by atoms with Gasteiger partial charge in [-0.1, -0.05) is 200 Å². The van der Waals surface area contributed by atoms with E-state index in [1.54, 1.807) is 0 Å². The molecule has 0 fully saturated rings. The van der Waals surface area contributed by atoms with E-state index in [2.05, 4.69) is 265 Å². The van der Waals surface area contributed by atoms with Gasteiger partial charge in [0.1, 0.15) is 0 Å². The molecule has 304 valence electrons. The van der Waals surface area contributed by atoms with Crippen molar-refractivity contribution in [1.82, 2.24) is 4.57 Å². The number of hydrogen-bond acceptors (Lipinski definition) is 1. The van der Waals surface area contributed by atoms with Crippen LogP contribution in [-0.2, 0) is 6.54 Å². The molecule has 2 heteroatoms. The molecule has 0 unspecified atom stereocenters. The largest absolute Gasteiger partial charge is 0.341 e. The number of benzene rings is 10. The minimum Gasteiger partial charge on any atom is -0.341 e. The molecule has 0 N–H and O–H groups in total. The van der Waals surface area contributed by atoms with Gasteiger partial charge in [0.05, 0.1) is 5.69 Å². The standard InChI is InChI=1S/C62H46N2/c1-2-63-59-24-11-10-22-58(59)62-57(23-14-26-61(62)63)53-20-13-19-52(43-53)56-21-9-12-25-60(56)64(54-39-35-50(36-40-54)48-31-27-46(28-32-48)44-15-5-3-6-16-44)55-41-37-51(38-42-55)49-33-29-47(30-34-49)45-17-7-4-8-18-45/h3-43H,2H2,1H3. The van der Waals surface area contributed by atoms with Crippen LogP contribution in [0.4, 0.5) is 17.1 Å². The number of anilines is 3. The number of fused-ring (bicyclic) bond motifs is 3. The molecule has 0 aliphatic heterocycles. The van der Waals surface area contributed by atoms with E-state index >= 15 is 0 Å². The van der Waals surface area contributed by atoms with Crippen molar-refractivity contribution in [2.45, 2.75) is 13.5 Å². The molecule has 2 nitrogen and oxygen atoms in total. The zero-order valence-electron chi connectivity index (χ0n) is 35.8. The number of rotatable bonds is 10. The van der Waals surface area contributed by atoms with E-state index in [1.807, 2.05) is 0 Å². The van der Waals surface area contributed by atoms with E-state index < -0.39 is 0 Å². The molecule has 1 aromatic heterocycles. The Morgan fingerprint density at radius 3 is 1.22 bits per heavy atom. The fourth-order valence-electron chi connectivity index (χ4n) is 9.45. The van der Waals surface area contributed by atoms with E-state index in [1.165, 1.54) is 83.0 Å². The Balaban J connectivity index is 0.992. The lowest BCUT2D eigenvalue weighted by atomic mass is 9.94. The minimum atomic E-state index is 0.916. The fraction of sp³-hybridized carbons (Fsp3) is 0.0323. The van der Waals surface area contributed by atoms with Crippen LogP contribution in [0.2, 0.25) is 0 Å². The second-order valence-electron chi connectivity index (χ2n) is 16.4. The highest BCUT2D eigenvalue weighted by molar-refractivity contribution is 6.15. The third-order valence-corrected chi connectivity index (χ3v) is 12.6. The summed E-state index contributed by atoms with van der Waals surface area (Å²) in [5.41, 5.74) is 20.2. The molecule has 0 saturated carbocycles. The first-order valence-corrected chi connectivity index (χ1v) is 22.2. The average molecular weight is 819 g/mol. The monoisotopic (exact) mass is 818 g/mol. The van der Waals surface area contributed by atoms with Crippen molar-refractivity contribution in [2.75, 3.05) is 4.90 Å². The Kier molecular flexibility index (Phi) is 10.2. The van der Waals surface area contributed by atoms with Crippen LogP contribution in [0.15, 0.2) is 249 Å². The average Bonchev–Trinajstić information content (AvgIpc) is 3.71. The highest BCUT2D eigenvalue weighted by atomic mass is 15.1. The number of hydrogen-bond donors (Lipinski definition) is 0. The summed E-state index contributed by atoms with van der Waals surface area (Å²) in [6.07, 6.45) is 0. The molecular formula is C62H46N2. The zero-order chi connectivity index (χ0) is 42.8. The predicted molar refractivity (Wildman–Crippen MR) is 272 cm³/mol. The van der Waals surface area contributed by atoms with Crippen LogP contribution in [-0.4, -0.2) is 4.57 Å². The van der Waals surface area contributed by atoms with Gasteiger partial charge < -0.3 is 9.47 Å². The molecular weight excluding hydrogens is 773 g/mol. The summed E-state index contributed by atoms with van der Waals surface area (Å²) in [4.78, 5) is 2.40. The van der Waals surface area contributed by atoms with Gasteiger partial charge in [-0.05, 0) is 117 Å². The Labute approximate surface area is 375 Å². The molecule has 0 radical (unpaired) electrons. The molecule has 0 bridgehead atoms. The molecule has 0 atom stereocenters. The van der Waals surface area contributed by atoms with Gasteiger partial charge in [-0.15, -0.1) is 0 Å². The fourth-order valence-corrected chi connectivity index (χ4v) is 9.45. The quantitative estimate of drug-likeness (QED) is 0.133.